The highest BCUT2D eigenvalue weighted by Gasteiger charge is 2.35. The second kappa shape index (κ2) is 8.23. The van der Waals surface area contributed by atoms with E-state index in [1.165, 1.54) is 17.0 Å². The minimum absolute atomic E-state index is 0.00161. The summed E-state index contributed by atoms with van der Waals surface area (Å²) in [6.07, 6.45) is 3.45. The number of halogens is 1. The summed E-state index contributed by atoms with van der Waals surface area (Å²) in [5, 5.41) is 2.55. The molecule has 5 nitrogen and oxygen atoms in total. The van der Waals surface area contributed by atoms with Crippen molar-refractivity contribution >= 4 is 52.2 Å². The van der Waals surface area contributed by atoms with Crippen LogP contribution < -0.4 is 15.1 Å². The molecule has 0 aromatic heterocycles. The van der Waals surface area contributed by atoms with E-state index in [1.807, 2.05) is 26.8 Å². The zero-order valence-corrected chi connectivity index (χ0v) is 20.1. The van der Waals surface area contributed by atoms with Crippen molar-refractivity contribution < 1.29 is 14.0 Å². The van der Waals surface area contributed by atoms with Gasteiger partial charge >= 0.3 is 0 Å². The van der Waals surface area contributed by atoms with Crippen molar-refractivity contribution in [2.45, 2.75) is 40.2 Å². The SMILES string of the molecule is CCN1c2cc(F)c(/C=C3/C(=O)NC(=S)N(c4cccc(C)c4)C3=O)cc2C(C)=CC1(C)C. The van der Waals surface area contributed by atoms with E-state index in [0.29, 0.717) is 12.2 Å². The van der Waals surface area contributed by atoms with Crippen LogP contribution in [-0.4, -0.2) is 29.0 Å². The van der Waals surface area contributed by atoms with Gasteiger partial charge in [0.2, 0.25) is 0 Å². The number of amides is 2. The number of carbonyl (C=O) groups excluding carboxylic acids is 2. The molecule has 2 aliphatic heterocycles. The summed E-state index contributed by atoms with van der Waals surface area (Å²) < 4.78 is 15.3. The van der Waals surface area contributed by atoms with E-state index >= 15 is 4.39 Å². The molecule has 2 heterocycles. The highest BCUT2D eigenvalue weighted by atomic mass is 32.1. The predicted molar refractivity (Wildman–Crippen MR) is 135 cm³/mol. The van der Waals surface area contributed by atoms with Crippen LogP contribution in [0.15, 0.2) is 48.0 Å². The van der Waals surface area contributed by atoms with E-state index in [9.17, 15) is 9.59 Å². The number of nitrogens with one attached hydrogen (secondary N) is 1. The summed E-state index contributed by atoms with van der Waals surface area (Å²) in [5.41, 5.74) is 3.92. The van der Waals surface area contributed by atoms with E-state index in [0.717, 1.165) is 22.4 Å². The lowest BCUT2D eigenvalue weighted by molar-refractivity contribution is -0.122. The molecule has 2 aliphatic rings. The number of aryl methyl sites for hydroxylation is 1. The number of benzene rings is 2. The molecule has 1 N–H and O–H groups in total. The van der Waals surface area contributed by atoms with Gasteiger partial charge in [-0.1, -0.05) is 18.2 Å². The molecule has 1 saturated heterocycles. The molecule has 1 fully saturated rings. The van der Waals surface area contributed by atoms with Crippen LogP contribution in [0.1, 0.15) is 44.4 Å². The fraction of sp³-hybridized carbons (Fsp3) is 0.269. The number of carbonyl (C=O) groups is 2. The maximum Gasteiger partial charge on any atom is 0.270 e. The van der Waals surface area contributed by atoms with Crippen molar-refractivity contribution in [3.8, 4) is 0 Å². The van der Waals surface area contributed by atoms with Crippen molar-refractivity contribution in [1.82, 2.24) is 5.32 Å². The first kappa shape index (κ1) is 22.9. The normalized spacial score (nSPS) is 18.9. The van der Waals surface area contributed by atoms with Crippen molar-refractivity contribution in [2.75, 3.05) is 16.3 Å². The van der Waals surface area contributed by atoms with Gasteiger partial charge in [0.15, 0.2) is 5.11 Å². The molecule has 33 heavy (non-hydrogen) atoms. The fourth-order valence-corrected chi connectivity index (χ4v) is 4.90. The average Bonchev–Trinajstić information content (AvgIpc) is 2.71. The third kappa shape index (κ3) is 3.97. The van der Waals surface area contributed by atoms with Crippen LogP contribution in [0, 0.1) is 12.7 Å². The summed E-state index contributed by atoms with van der Waals surface area (Å²) >= 11 is 5.25. The lowest BCUT2D eigenvalue weighted by atomic mass is 9.87. The maximum atomic E-state index is 15.3. The van der Waals surface area contributed by atoms with Crippen LogP contribution in [-0.2, 0) is 9.59 Å². The number of thiocarbonyl (C=S) groups is 1. The molecule has 2 aromatic carbocycles. The first-order valence-electron chi connectivity index (χ1n) is 10.8. The first-order chi connectivity index (χ1) is 15.5. The zero-order valence-electron chi connectivity index (χ0n) is 19.3. The Bertz CT molecular complexity index is 1260. The Kier molecular flexibility index (Phi) is 5.70. The van der Waals surface area contributed by atoms with Gasteiger partial charge in [0, 0.05) is 23.4 Å². The molecule has 0 saturated carbocycles. The van der Waals surface area contributed by atoms with Crippen molar-refractivity contribution in [3.05, 3.63) is 70.6 Å². The van der Waals surface area contributed by atoms with E-state index in [1.54, 1.807) is 24.3 Å². The molecule has 0 atom stereocenters. The molecule has 0 bridgehead atoms. The highest BCUT2D eigenvalue weighted by Crippen LogP contribution is 2.40. The first-order valence-corrected chi connectivity index (χ1v) is 11.2. The maximum absolute atomic E-state index is 15.3. The summed E-state index contributed by atoms with van der Waals surface area (Å²) in [5.74, 6) is -1.73. The number of hydrogen-bond donors (Lipinski definition) is 1. The number of anilines is 2. The lowest BCUT2D eigenvalue weighted by Gasteiger charge is -2.43. The van der Waals surface area contributed by atoms with Gasteiger partial charge in [-0.25, -0.2) is 4.39 Å². The predicted octanol–water partition coefficient (Wildman–Crippen LogP) is 4.99. The molecule has 4 rings (SSSR count). The second-order valence-electron chi connectivity index (χ2n) is 8.91. The molecule has 0 radical (unpaired) electrons. The fourth-order valence-electron chi connectivity index (χ4n) is 4.62. The third-order valence-electron chi connectivity index (χ3n) is 6.07. The number of likely N-dealkylation sites (N-methyl/N-ethyl adjacent to an activating group) is 1. The Morgan fingerprint density at radius 3 is 2.55 bits per heavy atom. The van der Waals surface area contributed by atoms with E-state index < -0.39 is 17.6 Å². The largest absolute Gasteiger partial charge is 0.363 e. The molecule has 0 unspecified atom stereocenters. The van der Waals surface area contributed by atoms with Crippen LogP contribution in [0.4, 0.5) is 15.8 Å². The summed E-state index contributed by atoms with van der Waals surface area (Å²) in [6, 6.07) is 10.4. The molecule has 0 spiro atoms. The summed E-state index contributed by atoms with van der Waals surface area (Å²) in [7, 11) is 0. The summed E-state index contributed by atoms with van der Waals surface area (Å²) in [6.45, 7) is 10.8. The van der Waals surface area contributed by atoms with Gasteiger partial charge in [-0.3, -0.25) is 19.8 Å². The van der Waals surface area contributed by atoms with Crippen LogP contribution in [0.2, 0.25) is 0 Å². The molecule has 170 valence electrons. The average molecular weight is 464 g/mol. The zero-order chi connectivity index (χ0) is 24.1. The van der Waals surface area contributed by atoms with Crippen LogP contribution in [0.3, 0.4) is 0 Å². The van der Waals surface area contributed by atoms with Gasteiger partial charge in [-0.05, 0) is 88.3 Å². The molecule has 2 amide bonds. The molecular formula is C26H26FN3O2S. The Labute approximate surface area is 198 Å². The highest BCUT2D eigenvalue weighted by molar-refractivity contribution is 7.80. The number of hydrogen-bond acceptors (Lipinski definition) is 4. The Morgan fingerprint density at radius 2 is 1.88 bits per heavy atom. The molecule has 0 aliphatic carbocycles. The standard InChI is InChI=1S/C26H26FN3O2S/c1-6-29-22-13-21(27)17(11-19(22)16(3)14-26(29,4)5)12-20-23(31)28-25(33)30(24(20)32)18-9-7-8-15(2)10-18/h7-14H,6H2,1-5H3,(H,28,31,33)/b20-12-. The molecule has 2 aromatic rings. The van der Waals surface area contributed by atoms with Gasteiger partial charge in [-0.2, -0.15) is 0 Å². The van der Waals surface area contributed by atoms with E-state index in [-0.39, 0.29) is 21.8 Å². The van der Waals surface area contributed by atoms with Crippen LogP contribution >= 0.6 is 12.2 Å². The topological polar surface area (TPSA) is 52.7 Å². The molecule has 7 heteroatoms. The van der Waals surface area contributed by atoms with Crippen molar-refractivity contribution in [1.29, 1.82) is 0 Å². The van der Waals surface area contributed by atoms with Gasteiger partial charge in [0.25, 0.3) is 11.8 Å². The lowest BCUT2D eigenvalue weighted by Crippen LogP contribution is -2.54. The number of allylic oxidation sites excluding steroid dienone is 1. The summed E-state index contributed by atoms with van der Waals surface area (Å²) in [4.78, 5) is 29.3. The second-order valence-corrected chi connectivity index (χ2v) is 9.30. The van der Waals surface area contributed by atoms with E-state index in [2.05, 4.69) is 30.1 Å². The Balaban J connectivity index is 1.80. The van der Waals surface area contributed by atoms with Gasteiger partial charge in [0.05, 0.1) is 11.2 Å². The van der Waals surface area contributed by atoms with Gasteiger partial charge in [-0.15, -0.1) is 0 Å². The Hall–Kier alpha value is -3.32. The smallest absolute Gasteiger partial charge is 0.270 e. The molecular weight excluding hydrogens is 437 g/mol. The number of fused-ring (bicyclic) bond motifs is 1. The third-order valence-corrected chi connectivity index (χ3v) is 6.36. The number of nitrogens with zero attached hydrogens (tertiary/aromatic N) is 2. The minimum Gasteiger partial charge on any atom is -0.363 e. The van der Waals surface area contributed by atoms with Crippen molar-refractivity contribution in [2.24, 2.45) is 0 Å². The van der Waals surface area contributed by atoms with Gasteiger partial charge < -0.3 is 4.90 Å². The quantitative estimate of drug-likeness (QED) is 0.396. The monoisotopic (exact) mass is 463 g/mol. The minimum atomic E-state index is -0.644. The van der Waals surface area contributed by atoms with E-state index in [4.69, 9.17) is 12.2 Å². The number of rotatable bonds is 3. The Morgan fingerprint density at radius 1 is 1.15 bits per heavy atom. The van der Waals surface area contributed by atoms with Crippen LogP contribution in [0.5, 0.6) is 0 Å². The van der Waals surface area contributed by atoms with Crippen molar-refractivity contribution in [3.63, 3.8) is 0 Å². The van der Waals surface area contributed by atoms with Crippen LogP contribution in [0.25, 0.3) is 11.6 Å². The van der Waals surface area contributed by atoms with Gasteiger partial charge in [0.1, 0.15) is 11.4 Å².